The first-order chi connectivity index (χ1) is 11.5. The zero-order chi connectivity index (χ0) is 17.3. The lowest BCUT2D eigenvalue weighted by Gasteiger charge is -2.42. The highest BCUT2D eigenvalue weighted by molar-refractivity contribution is 5.57. The number of phenolic OH excluding ortho intramolecular Hbond substituents is 1. The maximum atomic E-state index is 10.9. The Kier molecular flexibility index (Phi) is 4.39. The first-order valence-corrected chi connectivity index (χ1v) is 7.99. The number of methoxy groups -OCH3 is 1. The summed E-state index contributed by atoms with van der Waals surface area (Å²) < 4.78 is 17.4. The highest BCUT2D eigenvalue weighted by atomic mass is 16.7. The topological polar surface area (TPSA) is 68.2 Å². The maximum absolute atomic E-state index is 10.9. The van der Waals surface area contributed by atoms with Gasteiger partial charge >= 0.3 is 0 Å². The SMILES string of the molecule is CCOC1(c2ccccc2)Oc2cc(O)c(C)c(OC)c2CC1O. The van der Waals surface area contributed by atoms with Crippen LogP contribution in [0.1, 0.15) is 23.6 Å². The first kappa shape index (κ1) is 16.6. The van der Waals surface area contributed by atoms with E-state index in [1.54, 1.807) is 13.0 Å². The van der Waals surface area contributed by atoms with E-state index in [9.17, 15) is 10.2 Å². The van der Waals surface area contributed by atoms with Gasteiger partial charge in [-0.2, -0.15) is 0 Å². The van der Waals surface area contributed by atoms with Gasteiger partial charge in [-0.25, -0.2) is 0 Å². The molecule has 0 saturated heterocycles. The van der Waals surface area contributed by atoms with E-state index >= 15 is 0 Å². The van der Waals surface area contributed by atoms with Gasteiger partial charge in [-0.1, -0.05) is 30.3 Å². The molecule has 3 rings (SSSR count). The number of aromatic hydroxyl groups is 1. The normalized spacial score (nSPS) is 22.6. The smallest absolute Gasteiger partial charge is 0.263 e. The van der Waals surface area contributed by atoms with Crippen LogP contribution in [0.25, 0.3) is 0 Å². The largest absolute Gasteiger partial charge is 0.507 e. The van der Waals surface area contributed by atoms with Crippen LogP contribution in [0.2, 0.25) is 0 Å². The third-order valence-electron chi connectivity index (χ3n) is 4.40. The summed E-state index contributed by atoms with van der Waals surface area (Å²) in [5.74, 6) is -0.240. The zero-order valence-electron chi connectivity index (χ0n) is 14.1. The Hall–Kier alpha value is -2.24. The summed E-state index contributed by atoms with van der Waals surface area (Å²) in [6.45, 7) is 3.99. The van der Waals surface area contributed by atoms with Crippen LogP contribution >= 0.6 is 0 Å². The van der Waals surface area contributed by atoms with Gasteiger partial charge in [0.15, 0.2) is 0 Å². The number of hydrogen-bond acceptors (Lipinski definition) is 5. The predicted molar refractivity (Wildman–Crippen MR) is 89.5 cm³/mol. The molecule has 0 aromatic heterocycles. The Bertz CT molecular complexity index is 728. The van der Waals surface area contributed by atoms with Crippen molar-refractivity contribution in [2.75, 3.05) is 13.7 Å². The first-order valence-electron chi connectivity index (χ1n) is 7.99. The molecule has 5 heteroatoms. The number of ether oxygens (including phenoxy) is 3. The lowest BCUT2D eigenvalue weighted by Crippen LogP contribution is -2.51. The summed E-state index contributed by atoms with van der Waals surface area (Å²) >= 11 is 0. The van der Waals surface area contributed by atoms with Gasteiger partial charge in [0.25, 0.3) is 5.79 Å². The molecule has 24 heavy (non-hydrogen) atoms. The molecule has 1 aliphatic rings. The average Bonchev–Trinajstić information content (AvgIpc) is 2.59. The third-order valence-corrected chi connectivity index (χ3v) is 4.40. The Labute approximate surface area is 141 Å². The van der Waals surface area contributed by atoms with E-state index in [0.717, 1.165) is 11.1 Å². The number of phenols is 1. The van der Waals surface area contributed by atoms with Crippen molar-refractivity contribution < 1.29 is 24.4 Å². The molecule has 0 aliphatic carbocycles. The van der Waals surface area contributed by atoms with Gasteiger partial charge in [0.05, 0.1) is 7.11 Å². The van der Waals surface area contributed by atoms with E-state index < -0.39 is 11.9 Å². The lowest BCUT2D eigenvalue weighted by molar-refractivity contribution is -0.253. The highest BCUT2D eigenvalue weighted by Crippen LogP contribution is 2.47. The van der Waals surface area contributed by atoms with E-state index in [-0.39, 0.29) is 5.75 Å². The summed E-state index contributed by atoms with van der Waals surface area (Å²) in [5.41, 5.74) is 2.08. The number of aliphatic hydroxyl groups excluding tert-OH is 1. The monoisotopic (exact) mass is 330 g/mol. The fourth-order valence-electron chi connectivity index (χ4n) is 3.24. The van der Waals surface area contributed by atoms with Crippen LogP contribution in [-0.2, 0) is 16.9 Å². The third kappa shape index (κ3) is 2.50. The van der Waals surface area contributed by atoms with Gasteiger partial charge in [-0.05, 0) is 13.8 Å². The molecule has 2 aromatic rings. The van der Waals surface area contributed by atoms with Crippen molar-refractivity contribution in [3.05, 3.63) is 53.1 Å². The van der Waals surface area contributed by atoms with E-state index in [2.05, 4.69) is 0 Å². The minimum absolute atomic E-state index is 0.0837. The van der Waals surface area contributed by atoms with E-state index in [4.69, 9.17) is 14.2 Å². The molecule has 2 aromatic carbocycles. The highest BCUT2D eigenvalue weighted by Gasteiger charge is 2.48. The summed E-state index contributed by atoms with van der Waals surface area (Å²) in [6.07, 6.45) is -0.612. The van der Waals surface area contributed by atoms with Crippen molar-refractivity contribution >= 4 is 0 Å². The molecule has 0 bridgehead atoms. The van der Waals surface area contributed by atoms with Crippen molar-refractivity contribution in [1.82, 2.24) is 0 Å². The van der Waals surface area contributed by atoms with Gasteiger partial charge in [0.1, 0.15) is 23.4 Å². The number of rotatable bonds is 4. The van der Waals surface area contributed by atoms with E-state index in [1.165, 1.54) is 7.11 Å². The Balaban J connectivity index is 2.15. The summed E-state index contributed by atoms with van der Waals surface area (Å²) in [6, 6.07) is 10.9. The standard InChI is InChI=1S/C19H22O5/c1-4-23-19(13-8-6-5-7-9-13)17(21)10-14-16(24-19)11-15(20)12(2)18(14)22-3/h5-9,11,17,20-21H,4,10H2,1-3H3. The fraction of sp³-hybridized carbons (Fsp3) is 0.368. The minimum atomic E-state index is -1.31. The summed E-state index contributed by atoms with van der Waals surface area (Å²) in [4.78, 5) is 0. The van der Waals surface area contributed by atoms with Gasteiger partial charge in [0.2, 0.25) is 0 Å². The van der Waals surface area contributed by atoms with Gasteiger partial charge < -0.3 is 24.4 Å². The minimum Gasteiger partial charge on any atom is -0.507 e. The second-order valence-corrected chi connectivity index (χ2v) is 5.82. The Morgan fingerprint density at radius 3 is 2.62 bits per heavy atom. The van der Waals surface area contributed by atoms with Crippen LogP contribution in [0.3, 0.4) is 0 Å². The van der Waals surface area contributed by atoms with E-state index in [0.29, 0.717) is 30.1 Å². The second-order valence-electron chi connectivity index (χ2n) is 5.82. The Morgan fingerprint density at radius 1 is 1.29 bits per heavy atom. The van der Waals surface area contributed by atoms with Crippen LogP contribution in [-0.4, -0.2) is 30.0 Å². The molecule has 1 aliphatic heterocycles. The van der Waals surface area contributed by atoms with Crippen molar-refractivity contribution in [1.29, 1.82) is 0 Å². The zero-order valence-corrected chi connectivity index (χ0v) is 14.1. The number of hydrogen-bond donors (Lipinski definition) is 2. The van der Waals surface area contributed by atoms with Crippen molar-refractivity contribution in [3.63, 3.8) is 0 Å². The second kappa shape index (κ2) is 6.34. The molecule has 0 saturated carbocycles. The fourth-order valence-corrected chi connectivity index (χ4v) is 3.24. The van der Waals surface area contributed by atoms with Gasteiger partial charge in [-0.3, -0.25) is 0 Å². The molecule has 2 N–H and O–H groups in total. The lowest BCUT2D eigenvalue weighted by atomic mass is 9.89. The molecule has 128 valence electrons. The molecular formula is C19H22O5. The molecule has 2 unspecified atom stereocenters. The van der Waals surface area contributed by atoms with Crippen LogP contribution in [0.15, 0.2) is 36.4 Å². The van der Waals surface area contributed by atoms with Gasteiger partial charge in [0, 0.05) is 35.8 Å². The maximum Gasteiger partial charge on any atom is 0.263 e. The van der Waals surface area contributed by atoms with Crippen LogP contribution in [0.5, 0.6) is 17.2 Å². The molecule has 0 spiro atoms. The van der Waals surface area contributed by atoms with Crippen molar-refractivity contribution in [2.24, 2.45) is 0 Å². The van der Waals surface area contributed by atoms with Gasteiger partial charge in [-0.15, -0.1) is 0 Å². The number of aliphatic hydroxyl groups is 1. The average molecular weight is 330 g/mol. The molecule has 0 amide bonds. The molecule has 0 fully saturated rings. The molecule has 1 heterocycles. The van der Waals surface area contributed by atoms with Crippen LogP contribution in [0.4, 0.5) is 0 Å². The van der Waals surface area contributed by atoms with Crippen LogP contribution < -0.4 is 9.47 Å². The molecule has 5 nitrogen and oxygen atoms in total. The molecule has 0 radical (unpaired) electrons. The number of fused-ring (bicyclic) bond motifs is 1. The van der Waals surface area contributed by atoms with E-state index in [1.807, 2.05) is 37.3 Å². The Morgan fingerprint density at radius 2 is 2.00 bits per heavy atom. The molecular weight excluding hydrogens is 308 g/mol. The molecule has 2 atom stereocenters. The van der Waals surface area contributed by atoms with Crippen molar-refractivity contribution in [2.45, 2.75) is 32.2 Å². The summed E-state index contributed by atoms with van der Waals surface area (Å²) in [7, 11) is 1.54. The van der Waals surface area contributed by atoms with Crippen LogP contribution in [0, 0.1) is 6.92 Å². The predicted octanol–water partition coefficient (Wildman–Crippen LogP) is 2.89. The summed E-state index contributed by atoms with van der Waals surface area (Å²) in [5, 5.41) is 21.0. The number of benzene rings is 2. The quantitative estimate of drug-likeness (QED) is 0.902. The van der Waals surface area contributed by atoms with Crippen molar-refractivity contribution in [3.8, 4) is 17.2 Å².